The monoisotopic (exact) mass is 278 g/mol. The number of carbonyl (C=O) groups is 2. The van der Waals surface area contributed by atoms with Crippen molar-refractivity contribution in [3.63, 3.8) is 0 Å². The molecule has 1 atom stereocenters. The van der Waals surface area contributed by atoms with Crippen molar-refractivity contribution in [2.45, 2.75) is 18.9 Å². The summed E-state index contributed by atoms with van der Waals surface area (Å²) in [5.74, 6) is -1.44. The second kappa shape index (κ2) is 6.38. The predicted octanol–water partition coefficient (Wildman–Crippen LogP) is 0.874. The number of rotatable bonds is 6. The number of amides is 1. The zero-order valence-electron chi connectivity index (χ0n) is 11.3. The topological polar surface area (TPSA) is 87.7 Å². The molecule has 6 heteroatoms. The molecule has 0 aliphatic carbocycles. The molecule has 0 bridgehead atoms. The summed E-state index contributed by atoms with van der Waals surface area (Å²) in [6, 6.07) is 4.43. The van der Waals surface area contributed by atoms with Crippen molar-refractivity contribution in [1.29, 1.82) is 0 Å². The zero-order chi connectivity index (χ0) is 14.5. The van der Waals surface area contributed by atoms with Crippen molar-refractivity contribution >= 4 is 17.6 Å². The van der Waals surface area contributed by atoms with Crippen molar-refractivity contribution in [1.82, 2.24) is 5.32 Å². The molecule has 108 valence electrons. The summed E-state index contributed by atoms with van der Waals surface area (Å²) in [5.41, 5.74) is 2.58. The molecule has 0 saturated carbocycles. The van der Waals surface area contributed by atoms with Crippen molar-refractivity contribution in [2.24, 2.45) is 0 Å². The van der Waals surface area contributed by atoms with Crippen LogP contribution in [0.5, 0.6) is 0 Å². The number of ether oxygens (including phenoxy) is 1. The lowest BCUT2D eigenvalue weighted by molar-refractivity contribution is -0.139. The number of hydrogen-bond acceptors (Lipinski definition) is 4. The SMILES string of the molecule is COCCC(NC(=O)c1ccc2c(c1)NCC2)C(=O)O. The first-order valence-corrected chi connectivity index (χ1v) is 6.51. The lowest BCUT2D eigenvalue weighted by Gasteiger charge is -2.14. The van der Waals surface area contributed by atoms with E-state index in [1.54, 1.807) is 12.1 Å². The summed E-state index contributed by atoms with van der Waals surface area (Å²) >= 11 is 0. The van der Waals surface area contributed by atoms with E-state index in [-0.39, 0.29) is 18.9 Å². The number of anilines is 1. The van der Waals surface area contributed by atoms with Crippen LogP contribution >= 0.6 is 0 Å². The van der Waals surface area contributed by atoms with E-state index < -0.39 is 12.0 Å². The molecule has 1 amide bonds. The van der Waals surface area contributed by atoms with Gasteiger partial charge in [0.2, 0.25) is 0 Å². The number of carbonyl (C=O) groups excluding carboxylic acids is 1. The van der Waals surface area contributed by atoms with Gasteiger partial charge in [0.05, 0.1) is 0 Å². The molecule has 1 unspecified atom stereocenters. The van der Waals surface area contributed by atoms with E-state index in [0.717, 1.165) is 18.7 Å². The van der Waals surface area contributed by atoms with Gasteiger partial charge in [0, 0.05) is 37.9 Å². The highest BCUT2D eigenvalue weighted by molar-refractivity contribution is 5.97. The van der Waals surface area contributed by atoms with Crippen molar-refractivity contribution in [3.05, 3.63) is 29.3 Å². The Kier molecular flexibility index (Phi) is 4.57. The number of carboxylic acids is 1. The van der Waals surface area contributed by atoms with Gasteiger partial charge in [-0.1, -0.05) is 6.07 Å². The third kappa shape index (κ3) is 3.27. The van der Waals surface area contributed by atoms with Crippen molar-refractivity contribution in [3.8, 4) is 0 Å². The van der Waals surface area contributed by atoms with Gasteiger partial charge in [-0.3, -0.25) is 4.79 Å². The maximum absolute atomic E-state index is 12.1. The minimum atomic E-state index is -1.06. The predicted molar refractivity (Wildman–Crippen MR) is 74.0 cm³/mol. The Hall–Kier alpha value is -2.08. The molecule has 0 fully saturated rings. The van der Waals surface area contributed by atoms with Gasteiger partial charge in [0.1, 0.15) is 6.04 Å². The summed E-state index contributed by atoms with van der Waals surface area (Å²) < 4.78 is 4.85. The number of carboxylic acid groups (broad SMARTS) is 1. The summed E-state index contributed by atoms with van der Waals surface area (Å²) in [5, 5.41) is 14.8. The van der Waals surface area contributed by atoms with E-state index in [2.05, 4.69) is 10.6 Å². The fourth-order valence-electron chi connectivity index (χ4n) is 2.17. The van der Waals surface area contributed by atoms with E-state index in [0.29, 0.717) is 5.56 Å². The molecule has 0 spiro atoms. The second-order valence-electron chi connectivity index (χ2n) is 4.69. The molecule has 1 aromatic rings. The van der Waals surface area contributed by atoms with Gasteiger partial charge in [-0.05, 0) is 24.1 Å². The largest absolute Gasteiger partial charge is 0.480 e. The maximum Gasteiger partial charge on any atom is 0.326 e. The number of aliphatic carboxylic acids is 1. The molecule has 20 heavy (non-hydrogen) atoms. The van der Waals surface area contributed by atoms with Gasteiger partial charge in [-0.2, -0.15) is 0 Å². The smallest absolute Gasteiger partial charge is 0.326 e. The lowest BCUT2D eigenvalue weighted by Crippen LogP contribution is -2.41. The van der Waals surface area contributed by atoms with Crippen LogP contribution in [0.1, 0.15) is 22.3 Å². The second-order valence-corrected chi connectivity index (χ2v) is 4.69. The van der Waals surface area contributed by atoms with E-state index in [4.69, 9.17) is 9.84 Å². The van der Waals surface area contributed by atoms with Crippen molar-refractivity contribution in [2.75, 3.05) is 25.6 Å². The van der Waals surface area contributed by atoms with Gasteiger partial charge in [0.25, 0.3) is 5.91 Å². The average molecular weight is 278 g/mol. The minimum absolute atomic E-state index is 0.237. The number of benzene rings is 1. The Labute approximate surface area is 117 Å². The van der Waals surface area contributed by atoms with Crippen LogP contribution < -0.4 is 10.6 Å². The maximum atomic E-state index is 12.1. The van der Waals surface area contributed by atoms with Gasteiger partial charge in [0.15, 0.2) is 0 Å². The van der Waals surface area contributed by atoms with Gasteiger partial charge >= 0.3 is 5.97 Å². The van der Waals surface area contributed by atoms with Crippen LogP contribution in [0.15, 0.2) is 18.2 Å². The zero-order valence-corrected chi connectivity index (χ0v) is 11.3. The molecule has 2 rings (SSSR count). The highest BCUT2D eigenvalue weighted by Crippen LogP contribution is 2.23. The third-order valence-corrected chi connectivity index (χ3v) is 3.30. The fourth-order valence-corrected chi connectivity index (χ4v) is 2.17. The Bertz CT molecular complexity index is 516. The standard InChI is InChI=1S/C14H18N2O4/c1-20-7-5-11(14(18)19)16-13(17)10-3-2-9-4-6-15-12(9)8-10/h2-3,8,11,15H,4-7H2,1H3,(H,16,17)(H,18,19). The minimum Gasteiger partial charge on any atom is -0.480 e. The number of fused-ring (bicyclic) bond motifs is 1. The Morgan fingerprint density at radius 2 is 2.30 bits per heavy atom. The number of hydrogen-bond donors (Lipinski definition) is 3. The van der Waals surface area contributed by atoms with Crippen LogP contribution in [0, 0.1) is 0 Å². The molecule has 1 heterocycles. The molecule has 6 nitrogen and oxygen atoms in total. The van der Waals surface area contributed by atoms with Crippen LogP contribution in [-0.4, -0.2) is 43.3 Å². The molecule has 1 aliphatic heterocycles. The highest BCUT2D eigenvalue weighted by Gasteiger charge is 2.21. The number of methoxy groups -OCH3 is 1. The summed E-state index contributed by atoms with van der Waals surface area (Å²) in [6.45, 7) is 1.15. The summed E-state index contributed by atoms with van der Waals surface area (Å²) in [7, 11) is 1.49. The van der Waals surface area contributed by atoms with E-state index in [9.17, 15) is 9.59 Å². The van der Waals surface area contributed by atoms with Crippen LogP contribution in [0.4, 0.5) is 5.69 Å². The van der Waals surface area contributed by atoms with E-state index in [1.165, 1.54) is 12.7 Å². The highest BCUT2D eigenvalue weighted by atomic mass is 16.5. The normalized spacial score (nSPS) is 14.2. The van der Waals surface area contributed by atoms with Crippen LogP contribution in [0.25, 0.3) is 0 Å². The Morgan fingerprint density at radius 1 is 1.50 bits per heavy atom. The van der Waals surface area contributed by atoms with E-state index >= 15 is 0 Å². The van der Waals surface area contributed by atoms with Crippen LogP contribution in [-0.2, 0) is 16.0 Å². The molecule has 3 N–H and O–H groups in total. The Morgan fingerprint density at radius 3 is 3.00 bits per heavy atom. The number of nitrogens with one attached hydrogen (secondary N) is 2. The van der Waals surface area contributed by atoms with Gasteiger partial charge in [-0.15, -0.1) is 0 Å². The first-order valence-electron chi connectivity index (χ1n) is 6.51. The first kappa shape index (κ1) is 14.3. The van der Waals surface area contributed by atoms with E-state index in [1.807, 2.05) is 6.07 Å². The molecule has 0 radical (unpaired) electrons. The Balaban J connectivity index is 2.04. The van der Waals surface area contributed by atoms with Crippen molar-refractivity contribution < 1.29 is 19.4 Å². The molecule has 1 aliphatic rings. The molecular weight excluding hydrogens is 260 g/mol. The molecule has 1 aromatic carbocycles. The third-order valence-electron chi connectivity index (χ3n) is 3.30. The van der Waals surface area contributed by atoms with Crippen LogP contribution in [0.3, 0.4) is 0 Å². The lowest BCUT2D eigenvalue weighted by atomic mass is 10.1. The van der Waals surface area contributed by atoms with Gasteiger partial charge < -0.3 is 20.5 Å². The first-order chi connectivity index (χ1) is 9.61. The average Bonchev–Trinajstić information content (AvgIpc) is 2.90. The summed E-state index contributed by atoms with van der Waals surface area (Å²) in [4.78, 5) is 23.2. The fraction of sp³-hybridized carbons (Fsp3) is 0.429. The quantitative estimate of drug-likeness (QED) is 0.719. The molecule has 0 saturated heterocycles. The van der Waals surface area contributed by atoms with Gasteiger partial charge in [-0.25, -0.2) is 4.79 Å². The molecule has 0 aromatic heterocycles. The molecular formula is C14H18N2O4. The summed E-state index contributed by atoms with van der Waals surface area (Å²) in [6.07, 6.45) is 1.18. The van der Waals surface area contributed by atoms with Crippen LogP contribution in [0.2, 0.25) is 0 Å².